The Balaban J connectivity index is 2.02. The summed E-state index contributed by atoms with van der Waals surface area (Å²) in [4.78, 5) is 2.02. The number of nitrogens with two attached hydrogens (primary N) is 1. The van der Waals surface area contributed by atoms with Crippen LogP contribution in [0.3, 0.4) is 0 Å². The molecule has 3 N–H and O–H groups in total. The van der Waals surface area contributed by atoms with Crippen LogP contribution in [0.5, 0.6) is 5.75 Å². The van der Waals surface area contributed by atoms with Gasteiger partial charge in [0.25, 0.3) is 0 Å². The van der Waals surface area contributed by atoms with Crippen LogP contribution in [-0.2, 0) is 0 Å². The molecule has 0 unspecified atom stereocenters. The fraction of sp³-hybridized carbons (Fsp3) is 0.0714. The van der Waals surface area contributed by atoms with E-state index in [1.165, 1.54) is 0 Å². The Morgan fingerprint density at radius 1 is 1.21 bits per heavy atom. The van der Waals surface area contributed by atoms with Gasteiger partial charge in [0.1, 0.15) is 5.75 Å². The van der Waals surface area contributed by atoms with Crippen molar-refractivity contribution in [2.24, 2.45) is 0 Å². The van der Waals surface area contributed by atoms with Gasteiger partial charge in [-0.1, -0.05) is 23.9 Å². The number of ether oxygens (including phenoxy) is 1. The predicted molar refractivity (Wildman–Crippen MR) is 77.6 cm³/mol. The standard InChI is InChI=1S/C14H13N3OS/c1-18-12-4-2-3-5-13(12)19-14-7-11-9(6-10(14)15)8-16-17-11/h2-8H,15H2,1H3,(H,16,17). The van der Waals surface area contributed by atoms with Gasteiger partial charge in [-0.05, 0) is 24.3 Å². The lowest BCUT2D eigenvalue weighted by Gasteiger charge is -2.09. The normalized spacial score (nSPS) is 10.8. The van der Waals surface area contributed by atoms with Crippen molar-refractivity contribution in [3.63, 3.8) is 0 Å². The number of fused-ring (bicyclic) bond motifs is 1. The zero-order valence-electron chi connectivity index (χ0n) is 10.4. The lowest BCUT2D eigenvalue weighted by molar-refractivity contribution is 0.405. The number of nitrogens with zero attached hydrogens (tertiary/aromatic N) is 1. The van der Waals surface area contributed by atoms with Crippen LogP contribution in [0, 0.1) is 0 Å². The molecule has 0 saturated carbocycles. The van der Waals surface area contributed by atoms with Crippen LogP contribution < -0.4 is 10.5 Å². The molecule has 3 aromatic rings. The minimum absolute atomic E-state index is 0.741. The van der Waals surface area contributed by atoms with Gasteiger partial charge in [0.05, 0.1) is 23.7 Å². The summed E-state index contributed by atoms with van der Waals surface area (Å²) in [5.74, 6) is 0.844. The number of rotatable bonds is 3. The molecule has 0 atom stereocenters. The SMILES string of the molecule is COc1ccccc1Sc1cc2[nH]ncc2cc1N. The van der Waals surface area contributed by atoms with Crippen LogP contribution >= 0.6 is 11.8 Å². The van der Waals surface area contributed by atoms with Crippen molar-refractivity contribution in [3.8, 4) is 5.75 Å². The Bertz CT molecular complexity index is 724. The summed E-state index contributed by atoms with van der Waals surface area (Å²) in [6.07, 6.45) is 1.77. The number of hydrogen-bond acceptors (Lipinski definition) is 4. The Morgan fingerprint density at radius 2 is 2.05 bits per heavy atom. The van der Waals surface area contributed by atoms with E-state index in [1.807, 2.05) is 36.4 Å². The molecule has 2 aromatic carbocycles. The second-order valence-corrected chi connectivity index (χ2v) is 5.18. The summed E-state index contributed by atoms with van der Waals surface area (Å²) in [5.41, 5.74) is 7.80. The molecule has 96 valence electrons. The van der Waals surface area contributed by atoms with Crippen LogP contribution in [0.15, 0.2) is 52.4 Å². The van der Waals surface area contributed by atoms with Gasteiger partial charge >= 0.3 is 0 Å². The Kier molecular flexibility index (Phi) is 3.05. The number of aromatic amines is 1. The maximum absolute atomic E-state index is 6.08. The molecular formula is C14H13N3OS. The average Bonchev–Trinajstić information content (AvgIpc) is 2.87. The van der Waals surface area contributed by atoms with Crippen molar-refractivity contribution < 1.29 is 4.74 Å². The molecule has 0 spiro atoms. The van der Waals surface area contributed by atoms with Crippen LogP contribution in [0.25, 0.3) is 10.9 Å². The zero-order chi connectivity index (χ0) is 13.2. The van der Waals surface area contributed by atoms with Crippen molar-refractivity contribution in [1.82, 2.24) is 10.2 Å². The maximum Gasteiger partial charge on any atom is 0.132 e. The first-order chi connectivity index (χ1) is 9.28. The highest BCUT2D eigenvalue weighted by Gasteiger charge is 2.08. The molecule has 0 radical (unpaired) electrons. The van der Waals surface area contributed by atoms with E-state index < -0.39 is 0 Å². The quantitative estimate of drug-likeness (QED) is 0.717. The molecule has 0 aliphatic heterocycles. The predicted octanol–water partition coefficient (Wildman–Crippen LogP) is 3.30. The summed E-state index contributed by atoms with van der Waals surface area (Å²) < 4.78 is 5.35. The zero-order valence-corrected chi connectivity index (χ0v) is 11.2. The maximum atomic E-state index is 6.08. The highest BCUT2D eigenvalue weighted by molar-refractivity contribution is 7.99. The third-order valence-electron chi connectivity index (χ3n) is 2.86. The molecule has 0 aliphatic rings. The molecule has 5 heteroatoms. The molecule has 1 aromatic heterocycles. The molecular weight excluding hydrogens is 258 g/mol. The molecule has 4 nitrogen and oxygen atoms in total. The fourth-order valence-electron chi connectivity index (χ4n) is 1.90. The van der Waals surface area contributed by atoms with Crippen LogP contribution in [0.1, 0.15) is 0 Å². The smallest absolute Gasteiger partial charge is 0.132 e. The monoisotopic (exact) mass is 271 g/mol. The van der Waals surface area contributed by atoms with E-state index >= 15 is 0 Å². The Labute approximate surface area is 115 Å². The number of benzene rings is 2. The molecule has 0 fully saturated rings. The first-order valence-electron chi connectivity index (χ1n) is 5.81. The number of hydrogen-bond donors (Lipinski definition) is 2. The van der Waals surface area contributed by atoms with Gasteiger partial charge < -0.3 is 10.5 Å². The van der Waals surface area contributed by atoms with E-state index in [1.54, 1.807) is 25.1 Å². The summed E-state index contributed by atoms with van der Waals surface area (Å²) >= 11 is 1.59. The van der Waals surface area contributed by atoms with Crippen LogP contribution in [0.4, 0.5) is 5.69 Å². The van der Waals surface area contributed by atoms with Gasteiger partial charge in [-0.3, -0.25) is 5.10 Å². The molecule has 19 heavy (non-hydrogen) atoms. The number of nitrogens with one attached hydrogen (secondary N) is 1. The molecule has 0 aliphatic carbocycles. The number of methoxy groups -OCH3 is 1. The van der Waals surface area contributed by atoms with E-state index in [0.29, 0.717) is 0 Å². The topological polar surface area (TPSA) is 63.9 Å². The second-order valence-electron chi connectivity index (χ2n) is 4.10. The van der Waals surface area contributed by atoms with E-state index in [4.69, 9.17) is 10.5 Å². The number of nitrogen functional groups attached to an aromatic ring is 1. The molecule has 1 heterocycles. The molecule has 0 amide bonds. The van der Waals surface area contributed by atoms with Crippen molar-refractivity contribution >= 4 is 28.4 Å². The first-order valence-corrected chi connectivity index (χ1v) is 6.63. The first kappa shape index (κ1) is 11.9. The molecule has 0 saturated heterocycles. The number of anilines is 1. The minimum Gasteiger partial charge on any atom is -0.496 e. The van der Waals surface area contributed by atoms with Gasteiger partial charge in [-0.15, -0.1) is 0 Å². The van der Waals surface area contributed by atoms with E-state index in [-0.39, 0.29) is 0 Å². The summed E-state index contributed by atoms with van der Waals surface area (Å²) in [6, 6.07) is 11.8. The van der Waals surface area contributed by atoms with Crippen molar-refractivity contribution in [1.29, 1.82) is 0 Å². The van der Waals surface area contributed by atoms with Gasteiger partial charge in [0.2, 0.25) is 0 Å². The third-order valence-corrected chi connectivity index (χ3v) is 3.99. The van der Waals surface area contributed by atoms with Gasteiger partial charge in [-0.2, -0.15) is 5.10 Å². The lowest BCUT2D eigenvalue weighted by Crippen LogP contribution is -1.90. The average molecular weight is 271 g/mol. The van der Waals surface area contributed by atoms with Gasteiger partial charge in [0, 0.05) is 16.0 Å². The van der Waals surface area contributed by atoms with Crippen molar-refractivity contribution in [3.05, 3.63) is 42.6 Å². The minimum atomic E-state index is 0.741. The number of H-pyrrole nitrogens is 1. The van der Waals surface area contributed by atoms with Gasteiger partial charge in [-0.25, -0.2) is 0 Å². The fourth-order valence-corrected chi connectivity index (χ4v) is 2.89. The lowest BCUT2D eigenvalue weighted by atomic mass is 10.2. The molecule has 0 bridgehead atoms. The van der Waals surface area contributed by atoms with E-state index in [9.17, 15) is 0 Å². The van der Waals surface area contributed by atoms with Crippen LogP contribution in [0.2, 0.25) is 0 Å². The Morgan fingerprint density at radius 3 is 2.89 bits per heavy atom. The third kappa shape index (κ3) is 2.24. The van der Waals surface area contributed by atoms with Crippen molar-refractivity contribution in [2.75, 3.05) is 12.8 Å². The largest absolute Gasteiger partial charge is 0.496 e. The Hall–Kier alpha value is -2.14. The van der Waals surface area contributed by atoms with Crippen molar-refractivity contribution in [2.45, 2.75) is 9.79 Å². The second kappa shape index (κ2) is 4.85. The highest BCUT2D eigenvalue weighted by atomic mass is 32.2. The molecule has 3 rings (SSSR count). The highest BCUT2D eigenvalue weighted by Crippen LogP contribution is 2.38. The number of para-hydroxylation sites is 1. The van der Waals surface area contributed by atoms with Gasteiger partial charge in [0.15, 0.2) is 0 Å². The van der Waals surface area contributed by atoms with Crippen LogP contribution in [-0.4, -0.2) is 17.3 Å². The number of aromatic nitrogens is 2. The summed E-state index contributed by atoms with van der Waals surface area (Å²) in [6.45, 7) is 0. The van der Waals surface area contributed by atoms with E-state index in [2.05, 4.69) is 10.2 Å². The van der Waals surface area contributed by atoms with E-state index in [0.717, 1.165) is 32.1 Å². The summed E-state index contributed by atoms with van der Waals surface area (Å²) in [5, 5.41) is 7.98. The summed E-state index contributed by atoms with van der Waals surface area (Å²) in [7, 11) is 1.67.